The van der Waals surface area contributed by atoms with Crippen molar-refractivity contribution in [1.29, 1.82) is 0 Å². The molecule has 0 saturated heterocycles. The molecule has 0 amide bonds. The molecule has 0 N–H and O–H groups in total. The highest BCUT2D eigenvalue weighted by Gasteiger charge is 2.21. The van der Waals surface area contributed by atoms with Gasteiger partial charge in [-0.25, -0.2) is 8.42 Å². The van der Waals surface area contributed by atoms with E-state index in [2.05, 4.69) is 66.7 Å². The molecule has 206 valence electrons. The number of benzene rings is 2. The Balaban J connectivity index is 1.48. The standard InChI is InChI=1S/C34H40O4S/c1-24-22-26(25-8-13-29(14-9-25)38-34(5,6)7)10-15-30(23-24)37-28-16-20-32(21-17-28)39(35,36)31-18-11-27(12-19-31)33(2,3)4/h8,10-13,15-21,23H,9,14,22H2,1-7H3. The topological polar surface area (TPSA) is 52.6 Å². The summed E-state index contributed by atoms with van der Waals surface area (Å²) in [5.41, 5.74) is 4.65. The third-order valence-corrected chi connectivity index (χ3v) is 8.45. The Morgan fingerprint density at radius 2 is 1.31 bits per heavy atom. The zero-order valence-electron chi connectivity index (χ0n) is 24.2. The summed E-state index contributed by atoms with van der Waals surface area (Å²) in [7, 11) is -3.61. The summed E-state index contributed by atoms with van der Waals surface area (Å²) in [6.07, 6.45) is 13.1. The van der Waals surface area contributed by atoms with Gasteiger partial charge in [-0.05, 0) is 117 Å². The number of hydrogen-bond acceptors (Lipinski definition) is 4. The molecule has 5 heteroatoms. The molecule has 39 heavy (non-hydrogen) atoms. The molecule has 0 radical (unpaired) electrons. The van der Waals surface area contributed by atoms with Crippen LogP contribution in [0.3, 0.4) is 0 Å². The van der Waals surface area contributed by atoms with Crippen LogP contribution in [0.4, 0.5) is 0 Å². The summed E-state index contributed by atoms with van der Waals surface area (Å²) in [6.45, 7) is 14.6. The molecule has 2 aliphatic carbocycles. The summed E-state index contributed by atoms with van der Waals surface area (Å²) in [5, 5.41) is 0. The van der Waals surface area contributed by atoms with Crippen LogP contribution in [0.5, 0.6) is 5.75 Å². The largest absolute Gasteiger partial charge is 0.492 e. The predicted molar refractivity (Wildman–Crippen MR) is 158 cm³/mol. The highest BCUT2D eigenvalue weighted by atomic mass is 32.2. The SMILES string of the molecule is CC1=CC(Oc2ccc(S(=O)(=O)c3ccc(C(C)(C)C)cc3)cc2)=CC=C(C2=CC=C(OC(C)(C)C)CC2)C1. The minimum Gasteiger partial charge on any atom is -0.492 e. The molecule has 0 aromatic heterocycles. The molecule has 0 bridgehead atoms. The Bertz CT molecular complexity index is 1470. The minimum atomic E-state index is -3.61. The first kappa shape index (κ1) is 28.7. The lowest BCUT2D eigenvalue weighted by molar-refractivity contribution is 0.0465. The molecule has 0 unspecified atom stereocenters. The Morgan fingerprint density at radius 1 is 0.718 bits per heavy atom. The van der Waals surface area contributed by atoms with Gasteiger partial charge in [0.1, 0.15) is 17.1 Å². The Kier molecular flexibility index (Phi) is 8.13. The molecule has 0 fully saturated rings. The molecule has 0 aliphatic heterocycles. The highest BCUT2D eigenvalue weighted by molar-refractivity contribution is 7.91. The molecule has 2 aliphatic rings. The van der Waals surface area contributed by atoms with Gasteiger partial charge in [0.25, 0.3) is 0 Å². The average molecular weight is 545 g/mol. The summed E-state index contributed by atoms with van der Waals surface area (Å²) in [5.74, 6) is 2.34. The lowest BCUT2D eigenvalue weighted by Crippen LogP contribution is -2.19. The quantitative estimate of drug-likeness (QED) is 0.365. The van der Waals surface area contributed by atoms with E-state index in [-0.39, 0.29) is 20.8 Å². The number of ether oxygens (including phenoxy) is 2. The van der Waals surface area contributed by atoms with E-state index in [1.54, 1.807) is 36.4 Å². The van der Waals surface area contributed by atoms with E-state index in [0.29, 0.717) is 5.75 Å². The third kappa shape index (κ3) is 7.42. The predicted octanol–water partition coefficient (Wildman–Crippen LogP) is 8.78. The molecule has 4 rings (SSSR count). The van der Waals surface area contributed by atoms with E-state index < -0.39 is 9.84 Å². The lowest BCUT2D eigenvalue weighted by atomic mass is 9.87. The van der Waals surface area contributed by atoms with Crippen molar-refractivity contribution in [2.75, 3.05) is 0 Å². The monoisotopic (exact) mass is 544 g/mol. The van der Waals surface area contributed by atoms with Crippen LogP contribution >= 0.6 is 0 Å². The van der Waals surface area contributed by atoms with Gasteiger partial charge in [-0.1, -0.05) is 50.6 Å². The second-order valence-electron chi connectivity index (χ2n) is 12.3. The van der Waals surface area contributed by atoms with Gasteiger partial charge in [-0.15, -0.1) is 0 Å². The van der Waals surface area contributed by atoms with Gasteiger partial charge in [0.05, 0.1) is 15.6 Å². The van der Waals surface area contributed by atoms with Crippen LogP contribution in [0.15, 0.2) is 117 Å². The Labute approximate surface area is 234 Å². The summed E-state index contributed by atoms with van der Waals surface area (Å²) >= 11 is 0. The molecule has 2 aromatic rings. The molecule has 0 spiro atoms. The second-order valence-corrected chi connectivity index (χ2v) is 14.3. The molecular weight excluding hydrogens is 504 g/mol. The van der Waals surface area contributed by atoms with E-state index in [4.69, 9.17) is 9.47 Å². The van der Waals surface area contributed by atoms with E-state index in [1.807, 2.05) is 24.3 Å². The first-order chi connectivity index (χ1) is 18.2. The van der Waals surface area contributed by atoms with E-state index in [9.17, 15) is 8.42 Å². The van der Waals surface area contributed by atoms with Crippen molar-refractivity contribution in [3.05, 3.63) is 113 Å². The third-order valence-electron chi connectivity index (χ3n) is 6.67. The van der Waals surface area contributed by atoms with Gasteiger partial charge in [0, 0.05) is 6.42 Å². The van der Waals surface area contributed by atoms with Crippen LogP contribution in [0, 0.1) is 0 Å². The minimum absolute atomic E-state index is 0.0360. The lowest BCUT2D eigenvalue weighted by Gasteiger charge is -2.25. The van der Waals surface area contributed by atoms with Crippen molar-refractivity contribution in [3.8, 4) is 5.75 Å². The van der Waals surface area contributed by atoms with Gasteiger partial charge < -0.3 is 9.47 Å². The van der Waals surface area contributed by atoms with E-state index >= 15 is 0 Å². The average Bonchev–Trinajstić information content (AvgIpc) is 3.04. The van der Waals surface area contributed by atoms with Gasteiger partial charge in [-0.2, -0.15) is 0 Å². The molecule has 0 heterocycles. The number of rotatable bonds is 6. The van der Waals surface area contributed by atoms with Crippen LogP contribution in [0.1, 0.15) is 73.3 Å². The summed E-state index contributed by atoms with van der Waals surface area (Å²) in [6, 6.07) is 13.8. The summed E-state index contributed by atoms with van der Waals surface area (Å²) in [4.78, 5) is 0.532. The highest BCUT2D eigenvalue weighted by Crippen LogP contribution is 2.33. The van der Waals surface area contributed by atoms with Crippen molar-refractivity contribution in [3.63, 3.8) is 0 Å². The maximum absolute atomic E-state index is 13.2. The van der Waals surface area contributed by atoms with E-state index in [1.165, 1.54) is 16.7 Å². The van der Waals surface area contributed by atoms with Crippen molar-refractivity contribution in [2.24, 2.45) is 0 Å². The Morgan fingerprint density at radius 3 is 1.85 bits per heavy atom. The smallest absolute Gasteiger partial charge is 0.206 e. The first-order valence-corrected chi connectivity index (χ1v) is 15.0. The molecule has 2 aromatic carbocycles. The van der Waals surface area contributed by atoms with E-state index in [0.717, 1.165) is 36.3 Å². The van der Waals surface area contributed by atoms with Crippen LogP contribution < -0.4 is 4.74 Å². The second kappa shape index (κ2) is 11.1. The van der Waals surface area contributed by atoms with Gasteiger partial charge in [0.15, 0.2) is 0 Å². The zero-order chi connectivity index (χ0) is 28.4. The number of sulfone groups is 1. The van der Waals surface area contributed by atoms with Crippen molar-refractivity contribution in [1.82, 2.24) is 0 Å². The van der Waals surface area contributed by atoms with Gasteiger partial charge >= 0.3 is 0 Å². The Hall–Kier alpha value is -3.31. The normalized spacial score (nSPS) is 16.7. The fraction of sp³-hybridized carbons (Fsp3) is 0.353. The maximum Gasteiger partial charge on any atom is 0.206 e. The van der Waals surface area contributed by atoms with Gasteiger partial charge in [0.2, 0.25) is 9.84 Å². The molecule has 4 nitrogen and oxygen atoms in total. The van der Waals surface area contributed by atoms with Crippen LogP contribution in [0.25, 0.3) is 0 Å². The van der Waals surface area contributed by atoms with Crippen LogP contribution in [-0.2, 0) is 20.0 Å². The van der Waals surface area contributed by atoms with Crippen molar-refractivity contribution < 1.29 is 17.9 Å². The van der Waals surface area contributed by atoms with Gasteiger partial charge in [-0.3, -0.25) is 0 Å². The maximum atomic E-state index is 13.2. The van der Waals surface area contributed by atoms with Crippen molar-refractivity contribution >= 4 is 9.84 Å². The summed E-state index contributed by atoms with van der Waals surface area (Å²) < 4.78 is 38.5. The molecule has 0 saturated carbocycles. The van der Waals surface area contributed by atoms with Crippen LogP contribution in [-0.4, -0.2) is 14.0 Å². The van der Waals surface area contributed by atoms with Crippen LogP contribution in [0.2, 0.25) is 0 Å². The fourth-order valence-electron chi connectivity index (χ4n) is 4.63. The first-order valence-electron chi connectivity index (χ1n) is 13.5. The molecular formula is C34H40O4S. The zero-order valence-corrected chi connectivity index (χ0v) is 25.0. The number of hydrogen-bond donors (Lipinski definition) is 0. The van der Waals surface area contributed by atoms with Crippen molar-refractivity contribution in [2.45, 2.75) is 88.5 Å². The number of allylic oxidation sites excluding steroid dienone is 9. The molecule has 0 atom stereocenters. The fourth-order valence-corrected chi connectivity index (χ4v) is 5.89.